The van der Waals surface area contributed by atoms with Gasteiger partial charge in [0, 0.05) is 11.1 Å². The van der Waals surface area contributed by atoms with Gasteiger partial charge in [-0.25, -0.2) is 4.98 Å². The van der Waals surface area contributed by atoms with Gasteiger partial charge >= 0.3 is 0 Å². The topological polar surface area (TPSA) is 12.9 Å². The summed E-state index contributed by atoms with van der Waals surface area (Å²) in [7, 11) is 0. The fourth-order valence-electron chi connectivity index (χ4n) is 1.37. The predicted molar refractivity (Wildman–Crippen MR) is 72.0 cm³/mol. The summed E-state index contributed by atoms with van der Waals surface area (Å²) in [6, 6.07) is 10.4. The Morgan fingerprint density at radius 3 is 2.62 bits per heavy atom. The van der Waals surface area contributed by atoms with Crippen LogP contribution < -0.4 is 0 Å². The normalized spacial score (nSPS) is 10.4. The van der Waals surface area contributed by atoms with Crippen LogP contribution >= 0.6 is 27.7 Å². The van der Waals surface area contributed by atoms with Crippen molar-refractivity contribution in [2.24, 2.45) is 0 Å². The maximum Gasteiger partial charge on any atom is 0.115 e. The zero-order chi connectivity index (χ0) is 11.5. The lowest BCUT2D eigenvalue weighted by molar-refractivity contribution is 1.08. The first-order chi connectivity index (χ1) is 7.66. The summed E-state index contributed by atoms with van der Waals surface area (Å²) >= 11 is 5.24. The van der Waals surface area contributed by atoms with Crippen molar-refractivity contribution in [3.05, 3.63) is 52.1 Å². The van der Waals surface area contributed by atoms with Crippen LogP contribution in [0.3, 0.4) is 0 Å². The van der Waals surface area contributed by atoms with Crippen molar-refractivity contribution >= 4 is 27.7 Å². The van der Waals surface area contributed by atoms with Crippen LogP contribution in [0.4, 0.5) is 0 Å². The summed E-state index contributed by atoms with van der Waals surface area (Å²) in [5.41, 5.74) is 2.45. The minimum absolute atomic E-state index is 1.01. The molecule has 0 unspecified atom stereocenters. The van der Waals surface area contributed by atoms with E-state index in [2.05, 4.69) is 58.2 Å². The lowest BCUT2D eigenvalue weighted by atomic mass is 10.2. The second kappa shape index (κ2) is 5.02. The smallest absolute Gasteiger partial charge is 0.115 e. The van der Waals surface area contributed by atoms with E-state index in [0.717, 1.165) is 9.50 Å². The van der Waals surface area contributed by atoms with Gasteiger partial charge in [0.15, 0.2) is 0 Å². The van der Waals surface area contributed by atoms with Crippen molar-refractivity contribution in [3.63, 3.8) is 0 Å². The molecular weight excluding hydrogens is 282 g/mol. The van der Waals surface area contributed by atoms with E-state index in [9.17, 15) is 0 Å². The van der Waals surface area contributed by atoms with Crippen LogP contribution in [0, 0.1) is 13.8 Å². The van der Waals surface area contributed by atoms with Crippen LogP contribution in [0.2, 0.25) is 0 Å². The Balaban J connectivity index is 2.31. The summed E-state index contributed by atoms with van der Waals surface area (Å²) in [6.45, 7) is 4.16. The monoisotopic (exact) mass is 293 g/mol. The number of aryl methyl sites for hydroxylation is 2. The van der Waals surface area contributed by atoms with E-state index in [4.69, 9.17) is 0 Å². The Morgan fingerprint density at radius 2 is 1.94 bits per heavy atom. The number of halogens is 1. The van der Waals surface area contributed by atoms with Crippen molar-refractivity contribution < 1.29 is 0 Å². The molecule has 0 radical (unpaired) electrons. The Hall–Kier alpha value is -0.800. The second-order valence-electron chi connectivity index (χ2n) is 3.67. The third-order valence-corrected chi connectivity index (χ3v) is 4.31. The number of aromatic nitrogens is 1. The number of nitrogens with zero attached hydrogens (tertiary/aromatic N) is 1. The SMILES string of the molecule is Cc1cnc(Sc2ccccc2C)c(Br)c1. The fourth-order valence-corrected chi connectivity index (χ4v) is 2.92. The minimum Gasteiger partial charge on any atom is -0.248 e. The molecule has 0 aliphatic heterocycles. The largest absolute Gasteiger partial charge is 0.248 e. The molecular formula is C13H12BrNS. The molecule has 0 atom stereocenters. The highest BCUT2D eigenvalue weighted by Gasteiger charge is 2.05. The zero-order valence-corrected chi connectivity index (χ0v) is 11.6. The van der Waals surface area contributed by atoms with E-state index >= 15 is 0 Å². The highest BCUT2D eigenvalue weighted by Crippen LogP contribution is 2.33. The van der Waals surface area contributed by atoms with Crippen LogP contribution in [0.25, 0.3) is 0 Å². The summed E-state index contributed by atoms with van der Waals surface area (Å²) in [5.74, 6) is 0. The van der Waals surface area contributed by atoms with Crippen molar-refractivity contribution in [1.29, 1.82) is 0 Å². The minimum atomic E-state index is 1.01. The first-order valence-electron chi connectivity index (χ1n) is 5.02. The van der Waals surface area contributed by atoms with E-state index in [0.29, 0.717) is 0 Å². The molecule has 0 fully saturated rings. The number of pyridine rings is 1. The van der Waals surface area contributed by atoms with Crippen LogP contribution in [0.1, 0.15) is 11.1 Å². The predicted octanol–water partition coefficient (Wildman–Crippen LogP) is 4.61. The van der Waals surface area contributed by atoms with Gasteiger partial charge in [0.2, 0.25) is 0 Å². The van der Waals surface area contributed by atoms with Crippen molar-refractivity contribution in [3.8, 4) is 0 Å². The first kappa shape index (κ1) is 11.7. The highest BCUT2D eigenvalue weighted by molar-refractivity contribution is 9.10. The Kier molecular flexibility index (Phi) is 3.66. The molecule has 0 aliphatic carbocycles. The third-order valence-electron chi connectivity index (χ3n) is 2.24. The fraction of sp³-hybridized carbons (Fsp3) is 0.154. The average Bonchev–Trinajstić information content (AvgIpc) is 2.25. The molecule has 0 saturated heterocycles. The standard InChI is InChI=1S/C13H12BrNS/c1-9-7-11(14)13(15-8-9)16-12-6-4-3-5-10(12)2/h3-8H,1-2H3. The lowest BCUT2D eigenvalue weighted by Gasteiger charge is -2.06. The quantitative estimate of drug-likeness (QED) is 0.802. The molecule has 0 N–H and O–H groups in total. The molecule has 1 heterocycles. The molecule has 2 aromatic rings. The molecule has 16 heavy (non-hydrogen) atoms. The molecule has 3 heteroatoms. The van der Waals surface area contributed by atoms with Gasteiger partial charge in [-0.05, 0) is 53.0 Å². The average molecular weight is 294 g/mol. The van der Waals surface area contributed by atoms with E-state index in [-0.39, 0.29) is 0 Å². The van der Waals surface area contributed by atoms with Gasteiger partial charge in [-0.1, -0.05) is 30.0 Å². The van der Waals surface area contributed by atoms with Crippen molar-refractivity contribution in [2.75, 3.05) is 0 Å². The first-order valence-corrected chi connectivity index (χ1v) is 6.63. The molecule has 2 rings (SSSR count). The number of benzene rings is 1. The van der Waals surface area contributed by atoms with Gasteiger partial charge in [-0.2, -0.15) is 0 Å². The Morgan fingerprint density at radius 1 is 1.19 bits per heavy atom. The van der Waals surface area contributed by atoms with Crippen LogP contribution in [0.15, 0.2) is 50.9 Å². The van der Waals surface area contributed by atoms with Gasteiger partial charge in [0.25, 0.3) is 0 Å². The Bertz CT molecular complexity index is 511. The van der Waals surface area contributed by atoms with Crippen LogP contribution in [0.5, 0.6) is 0 Å². The highest BCUT2D eigenvalue weighted by atomic mass is 79.9. The lowest BCUT2D eigenvalue weighted by Crippen LogP contribution is -1.85. The molecule has 0 spiro atoms. The van der Waals surface area contributed by atoms with E-state index in [1.54, 1.807) is 11.8 Å². The summed E-state index contributed by atoms with van der Waals surface area (Å²) in [5, 5.41) is 1.01. The van der Waals surface area contributed by atoms with Gasteiger partial charge in [-0.15, -0.1) is 0 Å². The molecule has 0 saturated carbocycles. The summed E-state index contributed by atoms with van der Waals surface area (Å²) < 4.78 is 1.06. The van der Waals surface area contributed by atoms with E-state index in [1.807, 2.05) is 13.1 Å². The van der Waals surface area contributed by atoms with Crippen LogP contribution in [-0.2, 0) is 0 Å². The zero-order valence-electron chi connectivity index (χ0n) is 9.20. The number of hydrogen-bond acceptors (Lipinski definition) is 2. The molecule has 82 valence electrons. The molecule has 1 aromatic heterocycles. The van der Waals surface area contributed by atoms with Crippen LogP contribution in [-0.4, -0.2) is 4.98 Å². The number of rotatable bonds is 2. The molecule has 0 aliphatic rings. The maximum atomic E-state index is 4.43. The van der Waals surface area contributed by atoms with E-state index < -0.39 is 0 Å². The van der Waals surface area contributed by atoms with Gasteiger partial charge in [0.1, 0.15) is 5.03 Å². The van der Waals surface area contributed by atoms with Crippen molar-refractivity contribution in [1.82, 2.24) is 4.98 Å². The summed E-state index contributed by atoms with van der Waals surface area (Å²) in [6.07, 6.45) is 1.89. The van der Waals surface area contributed by atoms with Crippen molar-refractivity contribution in [2.45, 2.75) is 23.8 Å². The summed E-state index contributed by atoms with van der Waals surface area (Å²) in [4.78, 5) is 5.68. The second-order valence-corrected chi connectivity index (χ2v) is 5.55. The van der Waals surface area contributed by atoms with Gasteiger partial charge < -0.3 is 0 Å². The van der Waals surface area contributed by atoms with Gasteiger partial charge in [0.05, 0.1) is 4.47 Å². The Labute approximate surface area is 108 Å². The third kappa shape index (κ3) is 2.66. The molecule has 0 bridgehead atoms. The molecule has 0 amide bonds. The maximum absolute atomic E-state index is 4.43. The number of hydrogen-bond donors (Lipinski definition) is 0. The molecule has 1 nitrogen and oxygen atoms in total. The van der Waals surface area contributed by atoms with Gasteiger partial charge in [-0.3, -0.25) is 0 Å². The van der Waals surface area contributed by atoms with E-state index in [1.165, 1.54) is 16.0 Å². The molecule has 1 aromatic carbocycles.